The number of amides is 2. The summed E-state index contributed by atoms with van der Waals surface area (Å²) >= 11 is 6.32. The Bertz CT molecular complexity index is 885. The van der Waals surface area contributed by atoms with Crippen molar-refractivity contribution < 1.29 is 9.59 Å². The zero-order valence-electron chi connectivity index (χ0n) is 14.3. The summed E-state index contributed by atoms with van der Waals surface area (Å²) in [5.41, 5.74) is 4.44. The minimum Gasteiger partial charge on any atom is -0.357 e. The Hall–Kier alpha value is -2.60. The molecule has 7 heteroatoms. The molecule has 0 radical (unpaired) electrons. The van der Waals surface area contributed by atoms with Crippen molar-refractivity contribution in [1.29, 1.82) is 0 Å². The fourth-order valence-electron chi connectivity index (χ4n) is 2.82. The van der Waals surface area contributed by atoms with E-state index in [0.717, 1.165) is 22.6 Å². The molecule has 1 aromatic heterocycles. The maximum atomic E-state index is 11.8. The first-order chi connectivity index (χ1) is 11.8. The second kappa shape index (κ2) is 6.72. The highest BCUT2D eigenvalue weighted by Gasteiger charge is 2.24. The van der Waals surface area contributed by atoms with Crippen molar-refractivity contribution in [2.45, 2.75) is 27.3 Å². The van der Waals surface area contributed by atoms with E-state index in [1.165, 1.54) is 17.9 Å². The van der Waals surface area contributed by atoms with Crippen LogP contribution in [0.1, 0.15) is 23.9 Å². The third-order valence-corrected chi connectivity index (χ3v) is 4.42. The second-order valence-electron chi connectivity index (χ2n) is 6.13. The van der Waals surface area contributed by atoms with Gasteiger partial charge in [0.1, 0.15) is 0 Å². The molecule has 0 saturated carbocycles. The molecule has 25 heavy (non-hydrogen) atoms. The topological polar surface area (TPSA) is 67.2 Å². The van der Waals surface area contributed by atoms with Crippen LogP contribution in [0, 0.1) is 13.8 Å². The first-order valence-corrected chi connectivity index (χ1v) is 8.30. The van der Waals surface area contributed by atoms with Gasteiger partial charge in [-0.3, -0.25) is 19.2 Å². The number of anilines is 1. The van der Waals surface area contributed by atoms with Gasteiger partial charge in [-0.05, 0) is 43.7 Å². The lowest BCUT2D eigenvalue weighted by molar-refractivity contribution is -0.138. The SMILES string of the molecule is CC(=O)N1CC(Nc2ccc(Cl)c(Cn3nc(C)cc3C)c2)=CC1=O. The van der Waals surface area contributed by atoms with Gasteiger partial charge < -0.3 is 5.32 Å². The van der Waals surface area contributed by atoms with Crippen molar-refractivity contribution in [2.24, 2.45) is 0 Å². The monoisotopic (exact) mass is 358 g/mol. The molecule has 0 bridgehead atoms. The van der Waals surface area contributed by atoms with Crippen molar-refractivity contribution in [3.63, 3.8) is 0 Å². The number of hydrogen-bond acceptors (Lipinski definition) is 4. The van der Waals surface area contributed by atoms with E-state index in [-0.39, 0.29) is 18.4 Å². The smallest absolute Gasteiger partial charge is 0.255 e. The number of benzene rings is 1. The van der Waals surface area contributed by atoms with E-state index in [0.29, 0.717) is 17.3 Å². The Morgan fingerprint density at radius 3 is 2.68 bits per heavy atom. The van der Waals surface area contributed by atoms with Crippen LogP contribution in [0.2, 0.25) is 5.02 Å². The van der Waals surface area contributed by atoms with E-state index in [1.54, 1.807) is 0 Å². The molecule has 1 aromatic carbocycles. The van der Waals surface area contributed by atoms with Crippen molar-refractivity contribution in [2.75, 3.05) is 11.9 Å². The minimum atomic E-state index is -0.299. The van der Waals surface area contributed by atoms with Gasteiger partial charge >= 0.3 is 0 Å². The summed E-state index contributed by atoms with van der Waals surface area (Å²) in [5, 5.41) is 8.30. The van der Waals surface area contributed by atoms with Crippen molar-refractivity contribution in [1.82, 2.24) is 14.7 Å². The molecular formula is C18H19ClN4O2. The maximum absolute atomic E-state index is 11.8. The molecule has 6 nitrogen and oxygen atoms in total. The fourth-order valence-corrected chi connectivity index (χ4v) is 3.00. The number of aromatic nitrogens is 2. The molecule has 0 fully saturated rings. The zero-order chi connectivity index (χ0) is 18.1. The van der Waals surface area contributed by atoms with E-state index in [4.69, 9.17) is 11.6 Å². The van der Waals surface area contributed by atoms with Crippen LogP contribution in [-0.2, 0) is 16.1 Å². The fraction of sp³-hybridized carbons (Fsp3) is 0.278. The van der Waals surface area contributed by atoms with Crippen LogP contribution in [0.25, 0.3) is 0 Å². The Morgan fingerprint density at radius 2 is 2.08 bits per heavy atom. The van der Waals surface area contributed by atoms with Crippen LogP contribution < -0.4 is 5.32 Å². The van der Waals surface area contributed by atoms with Crippen LogP contribution >= 0.6 is 11.6 Å². The van der Waals surface area contributed by atoms with Gasteiger partial charge in [0.05, 0.1) is 18.8 Å². The van der Waals surface area contributed by atoms with Crippen LogP contribution in [0.3, 0.4) is 0 Å². The van der Waals surface area contributed by atoms with E-state index in [2.05, 4.69) is 10.4 Å². The van der Waals surface area contributed by atoms with Crippen molar-refractivity contribution in [3.05, 3.63) is 58.0 Å². The number of halogens is 1. The Kier molecular flexibility index (Phi) is 4.63. The first-order valence-electron chi connectivity index (χ1n) is 7.92. The van der Waals surface area contributed by atoms with E-state index in [1.807, 2.05) is 42.8 Å². The summed E-state index contributed by atoms with van der Waals surface area (Å²) in [5.74, 6) is -0.564. The van der Waals surface area contributed by atoms with Gasteiger partial charge in [-0.1, -0.05) is 11.6 Å². The molecule has 1 N–H and O–H groups in total. The predicted molar refractivity (Wildman–Crippen MR) is 96.4 cm³/mol. The number of nitrogens with one attached hydrogen (secondary N) is 1. The third kappa shape index (κ3) is 3.74. The molecule has 130 valence electrons. The molecule has 0 saturated heterocycles. The highest BCUT2D eigenvalue weighted by Crippen LogP contribution is 2.24. The zero-order valence-corrected chi connectivity index (χ0v) is 15.1. The predicted octanol–water partition coefficient (Wildman–Crippen LogP) is 2.89. The van der Waals surface area contributed by atoms with Gasteiger partial charge in [-0.2, -0.15) is 5.10 Å². The minimum absolute atomic E-state index is 0.254. The molecular weight excluding hydrogens is 340 g/mol. The van der Waals surface area contributed by atoms with Gasteiger partial charge in [0, 0.05) is 35.1 Å². The van der Waals surface area contributed by atoms with E-state index in [9.17, 15) is 9.59 Å². The molecule has 0 spiro atoms. The van der Waals surface area contributed by atoms with Gasteiger partial charge in [0.15, 0.2) is 0 Å². The number of carbonyl (C=O) groups is 2. The third-order valence-electron chi connectivity index (χ3n) is 4.05. The maximum Gasteiger partial charge on any atom is 0.255 e. The first kappa shape index (κ1) is 17.2. The summed E-state index contributed by atoms with van der Waals surface area (Å²) < 4.78 is 1.90. The molecule has 3 rings (SSSR count). The number of carbonyl (C=O) groups excluding carboxylic acids is 2. The molecule has 2 heterocycles. The highest BCUT2D eigenvalue weighted by atomic mass is 35.5. The van der Waals surface area contributed by atoms with Gasteiger partial charge in [-0.15, -0.1) is 0 Å². The van der Waals surface area contributed by atoms with E-state index >= 15 is 0 Å². The van der Waals surface area contributed by atoms with Crippen molar-refractivity contribution >= 4 is 29.1 Å². The normalized spacial score (nSPS) is 14.0. The van der Waals surface area contributed by atoms with Crippen LogP contribution in [-0.4, -0.2) is 33.0 Å². The molecule has 0 unspecified atom stereocenters. The molecule has 1 aliphatic rings. The summed E-state index contributed by atoms with van der Waals surface area (Å²) in [4.78, 5) is 24.4. The van der Waals surface area contributed by atoms with Gasteiger partial charge in [0.25, 0.3) is 5.91 Å². The van der Waals surface area contributed by atoms with Crippen LogP contribution in [0.15, 0.2) is 36.0 Å². The Morgan fingerprint density at radius 1 is 1.32 bits per heavy atom. The largest absolute Gasteiger partial charge is 0.357 e. The van der Waals surface area contributed by atoms with Crippen LogP contribution in [0.5, 0.6) is 0 Å². The lowest BCUT2D eigenvalue weighted by Crippen LogP contribution is -2.31. The molecule has 1 aliphatic heterocycles. The van der Waals surface area contributed by atoms with Crippen LogP contribution in [0.4, 0.5) is 5.69 Å². The summed E-state index contributed by atoms with van der Waals surface area (Å²) in [7, 11) is 0. The second-order valence-corrected chi connectivity index (χ2v) is 6.54. The van der Waals surface area contributed by atoms with E-state index < -0.39 is 0 Å². The number of hydrogen-bond donors (Lipinski definition) is 1. The molecule has 0 aliphatic carbocycles. The lowest BCUT2D eigenvalue weighted by Gasteiger charge is -2.14. The number of aryl methyl sites for hydroxylation is 2. The molecule has 0 atom stereocenters. The number of imide groups is 1. The Balaban J connectivity index is 1.78. The summed E-state index contributed by atoms with van der Waals surface area (Å²) in [6.07, 6.45) is 1.44. The number of nitrogens with zero attached hydrogens (tertiary/aromatic N) is 3. The summed E-state index contributed by atoms with van der Waals surface area (Å²) in [6.45, 7) is 6.15. The standard InChI is InChI=1S/C18H19ClN4O2/c1-11-6-12(2)23(21-11)9-14-7-15(4-5-17(14)19)20-16-8-18(25)22(10-16)13(3)24/h4-8,20H,9-10H2,1-3H3. The van der Waals surface area contributed by atoms with Gasteiger partial charge in [0.2, 0.25) is 5.91 Å². The number of rotatable bonds is 4. The quantitative estimate of drug-likeness (QED) is 0.912. The van der Waals surface area contributed by atoms with Gasteiger partial charge in [-0.25, -0.2) is 0 Å². The summed E-state index contributed by atoms with van der Waals surface area (Å²) in [6, 6.07) is 7.60. The average molecular weight is 359 g/mol. The lowest BCUT2D eigenvalue weighted by atomic mass is 10.2. The molecule has 2 amide bonds. The van der Waals surface area contributed by atoms with Crippen molar-refractivity contribution in [3.8, 4) is 0 Å². The average Bonchev–Trinajstić information content (AvgIpc) is 3.05. The highest BCUT2D eigenvalue weighted by molar-refractivity contribution is 6.31. The molecule has 2 aromatic rings. The Labute approximate surface area is 151 Å².